The number of carbonyl (C=O) groups is 2. The molecule has 4 N–H and O–H groups in total. The Hall–Kier alpha value is -3.95. The Kier molecular flexibility index (Phi) is 4.15. The molecule has 10 heteroatoms. The van der Waals surface area contributed by atoms with Crippen molar-refractivity contribution in [3.05, 3.63) is 60.3 Å². The van der Waals surface area contributed by atoms with Crippen LogP contribution in [0, 0.1) is 0 Å². The largest absolute Gasteiger partial charge is 0.466 e. The van der Waals surface area contributed by atoms with Gasteiger partial charge in [0, 0.05) is 5.69 Å². The van der Waals surface area contributed by atoms with Gasteiger partial charge in [0.1, 0.15) is 5.76 Å². The van der Waals surface area contributed by atoms with Crippen LogP contribution in [-0.2, 0) is 16.9 Å². The summed E-state index contributed by atoms with van der Waals surface area (Å²) in [6.45, 7) is 1.42. The van der Waals surface area contributed by atoms with Crippen LogP contribution in [0.3, 0.4) is 0 Å². The number of hydrogen-bond donors (Lipinski definition) is 3. The molecule has 1 fully saturated rings. The third kappa shape index (κ3) is 3.11. The quantitative estimate of drug-likeness (QED) is 0.570. The summed E-state index contributed by atoms with van der Waals surface area (Å²) in [6.07, 6.45) is 1.44. The number of carbonyl (C=O) groups excluding carboxylic acids is 2. The number of aromatic nitrogens is 3. The van der Waals surface area contributed by atoms with Crippen molar-refractivity contribution in [2.45, 2.75) is 19.0 Å². The Morgan fingerprint density at radius 3 is 2.64 bits per heavy atom. The van der Waals surface area contributed by atoms with Gasteiger partial charge in [-0.3, -0.25) is 9.69 Å². The van der Waals surface area contributed by atoms with Gasteiger partial charge in [0.2, 0.25) is 11.9 Å². The highest BCUT2D eigenvalue weighted by Crippen LogP contribution is 2.29. The topological polar surface area (TPSA) is 139 Å². The maximum atomic E-state index is 12.9. The molecule has 2 aromatic heterocycles. The number of urea groups is 1. The number of imide groups is 1. The van der Waals surface area contributed by atoms with Crippen molar-refractivity contribution < 1.29 is 14.0 Å². The third-order valence-corrected chi connectivity index (χ3v) is 4.32. The molecule has 4 rings (SSSR count). The van der Waals surface area contributed by atoms with E-state index in [0.29, 0.717) is 5.76 Å². The molecule has 1 atom stereocenters. The van der Waals surface area contributed by atoms with Gasteiger partial charge < -0.3 is 20.8 Å². The summed E-state index contributed by atoms with van der Waals surface area (Å²) in [5.74, 6) is 0.246. The second-order valence-electron chi connectivity index (χ2n) is 6.35. The Balaban J connectivity index is 1.57. The summed E-state index contributed by atoms with van der Waals surface area (Å²) in [6, 6.07) is 12.0. The highest BCUT2D eigenvalue weighted by molar-refractivity contribution is 6.06. The van der Waals surface area contributed by atoms with E-state index in [-0.39, 0.29) is 24.3 Å². The standard InChI is InChI=1S/C18H17N7O3/c1-18(12-8-5-9-28-12)14(26)25(17(27)24-18)10-13-21-15(19)23-16(22-13)20-11-6-3-2-4-7-11/h2-9H,10H2,1H3,(H,24,27)(H3,19,20,21,22,23). The van der Waals surface area contributed by atoms with Gasteiger partial charge in [0.15, 0.2) is 11.4 Å². The summed E-state index contributed by atoms with van der Waals surface area (Å²) in [4.78, 5) is 38.6. The van der Waals surface area contributed by atoms with E-state index < -0.39 is 17.5 Å². The molecule has 1 unspecified atom stereocenters. The molecule has 1 aromatic carbocycles. The van der Waals surface area contributed by atoms with E-state index >= 15 is 0 Å². The van der Waals surface area contributed by atoms with Gasteiger partial charge in [-0.1, -0.05) is 18.2 Å². The van der Waals surface area contributed by atoms with E-state index in [2.05, 4.69) is 25.6 Å². The number of furan rings is 1. The highest BCUT2D eigenvalue weighted by Gasteiger charge is 2.51. The number of nitrogen functional groups attached to an aromatic ring is 1. The van der Waals surface area contributed by atoms with Gasteiger partial charge in [-0.05, 0) is 31.2 Å². The predicted octanol–water partition coefficient (Wildman–Crippen LogP) is 1.76. The number of benzene rings is 1. The molecule has 0 radical (unpaired) electrons. The molecule has 3 aromatic rings. The summed E-state index contributed by atoms with van der Waals surface area (Å²) >= 11 is 0. The minimum Gasteiger partial charge on any atom is -0.466 e. The average molecular weight is 379 g/mol. The molecule has 0 bridgehead atoms. The molecule has 3 heterocycles. The Morgan fingerprint density at radius 2 is 1.93 bits per heavy atom. The fraction of sp³-hybridized carbons (Fsp3) is 0.167. The lowest BCUT2D eigenvalue weighted by Crippen LogP contribution is -2.40. The SMILES string of the molecule is CC1(c2ccco2)NC(=O)N(Cc2nc(N)nc(Nc3ccccc3)n2)C1=O. The second kappa shape index (κ2) is 6.65. The zero-order chi connectivity index (χ0) is 19.7. The molecule has 1 aliphatic rings. The van der Waals surface area contributed by atoms with Crippen LogP contribution >= 0.6 is 0 Å². The van der Waals surface area contributed by atoms with E-state index in [1.54, 1.807) is 19.1 Å². The maximum absolute atomic E-state index is 12.9. The molecule has 1 saturated heterocycles. The number of nitrogens with one attached hydrogen (secondary N) is 2. The van der Waals surface area contributed by atoms with Crippen LogP contribution in [0.4, 0.5) is 22.4 Å². The zero-order valence-corrected chi connectivity index (χ0v) is 14.9. The third-order valence-electron chi connectivity index (χ3n) is 4.32. The summed E-state index contributed by atoms with van der Waals surface area (Å²) in [5.41, 5.74) is 5.24. The first-order valence-electron chi connectivity index (χ1n) is 8.46. The number of nitrogens with two attached hydrogens (primary N) is 1. The smallest absolute Gasteiger partial charge is 0.325 e. The molecule has 3 amide bonds. The van der Waals surface area contributed by atoms with Gasteiger partial charge in [0.25, 0.3) is 5.91 Å². The summed E-state index contributed by atoms with van der Waals surface area (Å²) < 4.78 is 5.31. The van der Waals surface area contributed by atoms with Crippen molar-refractivity contribution in [3.8, 4) is 0 Å². The van der Waals surface area contributed by atoms with E-state index in [9.17, 15) is 9.59 Å². The molecule has 28 heavy (non-hydrogen) atoms. The van der Waals surface area contributed by atoms with Crippen LogP contribution < -0.4 is 16.4 Å². The lowest BCUT2D eigenvalue weighted by atomic mass is 9.99. The second-order valence-corrected chi connectivity index (χ2v) is 6.35. The number of para-hydroxylation sites is 1. The van der Waals surface area contributed by atoms with Crippen molar-refractivity contribution in [2.75, 3.05) is 11.1 Å². The Labute approximate surface area is 159 Å². The van der Waals surface area contributed by atoms with Crippen LogP contribution in [0.5, 0.6) is 0 Å². The van der Waals surface area contributed by atoms with E-state index in [1.165, 1.54) is 6.26 Å². The Morgan fingerprint density at radius 1 is 1.14 bits per heavy atom. The summed E-state index contributed by atoms with van der Waals surface area (Å²) in [5, 5.41) is 5.66. The van der Waals surface area contributed by atoms with Crippen LogP contribution in [-0.4, -0.2) is 31.8 Å². The fourth-order valence-corrected chi connectivity index (χ4v) is 2.93. The molecule has 0 saturated carbocycles. The number of nitrogens with zero attached hydrogens (tertiary/aromatic N) is 4. The number of anilines is 3. The maximum Gasteiger partial charge on any atom is 0.325 e. The molecule has 10 nitrogen and oxygen atoms in total. The molecule has 1 aliphatic heterocycles. The summed E-state index contributed by atoms with van der Waals surface area (Å²) in [7, 11) is 0. The van der Waals surface area contributed by atoms with Crippen molar-refractivity contribution in [1.82, 2.24) is 25.2 Å². The minimum absolute atomic E-state index is 0.0238. The van der Waals surface area contributed by atoms with Gasteiger partial charge in [-0.2, -0.15) is 15.0 Å². The van der Waals surface area contributed by atoms with Crippen LogP contribution in [0.15, 0.2) is 53.1 Å². The highest BCUT2D eigenvalue weighted by atomic mass is 16.3. The van der Waals surface area contributed by atoms with Gasteiger partial charge >= 0.3 is 6.03 Å². The normalized spacial score (nSPS) is 19.0. The van der Waals surface area contributed by atoms with E-state index in [1.807, 2.05) is 30.3 Å². The monoisotopic (exact) mass is 379 g/mol. The number of hydrogen-bond acceptors (Lipinski definition) is 8. The van der Waals surface area contributed by atoms with Crippen molar-refractivity contribution in [1.29, 1.82) is 0 Å². The average Bonchev–Trinajstić information content (AvgIpc) is 3.27. The first-order valence-corrected chi connectivity index (χ1v) is 8.46. The Bertz CT molecular complexity index is 1020. The van der Waals surface area contributed by atoms with Crippen molar-refractivity contribution in [2.24, 2.45) is 0 Å². The lowest BCUT2D eigenvalue weighted by Gasteiger charge is -2.18. The van der Waals surface area contributed by atoms with E-state index in [4.69, 9.17) is 10.2 Å². The number of amides is 3. The minimum atomic E-state index is -1.29. The molecular formula is C18H17N7O3. The molecule has 142 valence electrons. The molecule has 0 spiro atoms. The van der Waals surface area contributed by atoms with Gasteiger partial charge in [-0.25, -0.2) is 4.79 Å². The first kappa shape index (κ1) is 17.5. The van der Waals surface area contributed by atoms with Crippen LogP contribution in [0.2, 0.25) is 0 Å². The van der Waals surface area contributed by atoms with Crippen LogP contribution in [0.1, 0.15) is 18.5 Å². The predicted molar refractivity (Wildman–Crippen MR) is 99.1 cm³/mol. The fourth-order valence-electron chi connectivity index (χ4n) is 2.93. The van der Waals surface area contributed by atoms with Crippen molar-refractivity contribution >= 4 is 29.5 Å². The van der Waals surface area contributed by atoms with Crippen LogP contribution in [0.25, 0.3) is 0 Å². The molecule has 0 aliphatic carbocycles. The first-order chi connectivity index (χ1) is 13.5. The van der Waals surface area contributed by atoms with Gasteiger partial charge in [-0.15, -0.1) is 0 Å². The molecular weight excluding hydrogens is 362 g/mol. The zero-order valence-electron chi connectivity index (χ0n) is 14.9. The lowest BCUT2D eigenvalue weighted by molar-refractivity contribution is -0.132. The van der Waals surface area contributed by atoms with E-state index in [0.717, 1.165) is 10.6 Å². The van der Waals surface area contributed by atoms with Crippen molar-refractivity contribution in [3.63, 3.8) is 0 Å². The van der Waals surface area contributed by atoms with Gasteiger partial charge in [0.05, 0.1) is 12.8 Å². The number of rotatable bonds is 5.